The summed E-state index contributed by atoms with van der Waals surface area (Å²) < 4.78 is 4.71. The standard InChI is InChI=1S/C11H4N3O/c12-4-8-2-1-3-9(10(8)5-13)11-6-15-7-14-11/h1-3,6H. The maximum absolute atomic E-state index is 8.96. The van der Waals surface area contributed by atoms with Gasteiger partial charge in [0.2, 0.25) is 0 Å². The Morgan fingerprint density at radius 1 is 1.27 bits per heavy atom. The SMILES string of the molecule is N#Cc1cccc(-c2co[c]n2)c1C#N. The van der Waals surface area contributed by atoms with Crippen molar-refractivity contribution in [1.29, 1.82) is 10.5 Å². The molecule has 4 nitrogen and oxygen atoms in total. The Balaban J connectivity index is 2.70. The summed E-state index contributed by atoms with van der Waals surface area (Å²) in [7, 11) is 0. The van der Waals surface area contributed by atoms with Crippen LogP contribution in [0, 0.1) is 29.1 Å². The Morgan fingerprint density at radius 3 is 2.73 bits per heavy atom. The second-order valence-electron chi connectivity index (χ2n) is 2.78. The number of nitrogens with zero attached hydrogens (tertiary/aromatic N) is 3. The van der Waals surface area contributed by atoms with Gasteiger partial charge in [-0.15, -0.1) is 0 Å². The van der Waals surface area contributed by atoms with E-state index in [0.717, 1.165) is 0 Å². The Kier molecular flexibility index (Phi) is 2.19. The second-order valence-corrected chi connectivity index (χ2v) is 2.78. The van der Waals surface area contributed by atoms with E-state index in [1.165, 1.54) is 6.26 Å². The maximum atomic E-state index is 8.96. The first-order valence-electron chi connectivity index (χ1n) is 4.12. The molecule has 0 spiro atoms. The summed E-state index contributed by atoms with van der Waals surface area (Å²) >= 11 is 0. The van der Waals surface area contributed by atoms with Crippen LogP contribution in [0.4, 0.5) is 0 Å². The van der Waals surface area contributed by atoms with Crippen LogP contribution in [0.2, 0.25) is 0 Å². The molecule has 0 saturated carbocycles. The lowest BCUT2D eigenvalue weighted by Gasteiger charge is -2.00. The summed E-state index contributed by atoms with van der Waals surface area (Å²) in [6.07, 6.45) is 3.69. The minimum absolute atomic E-state index is 0.308. The van der Waals surface area contributed by atoms with Gasteiger partial charge in [0, 0.05) is 5.56 Å². The van der Waals surface area contributed by atoms with Gasteiger partial charge in [0.1, 0.15) is 24.1 Å². The number of oxazole rings is 1. The third-order valence-electron chi connectivity index (χ3n) is 1.96. The van der Waals surface area contributed by atoms with E-state index in [0.29, 0.717) is 22.4 Å². The maximum Gasteiger partial charge on any atom is 0.284 e. The molecule has 0 amide bonds. The molecule has 1 heterocycles. The van der Waals surface area contributed by atoms with Gasteiger partial charge in [-0.25, -0.2) is 4.98 Å². The van der Waals surface area contributed by atoms with E-state index in [2.05, 4.69) is 11.4 Å². The van der Waals surface area contributed by atoms with Crippen LogP contribution in [0.1, 0.15) is 11.1 Å². The van der Waals surface area contributed by atoms with Crippen LogP contribution >= 0.6 is 0 Å². The van der Waals surface area contributed by atoms with Crippen LogP contribution in [0.3, 0.4) is 0 Å². The van der Waals surface area contributed by atoms with E-state index in [1.807, 2.05) is 12.1 Å². The topological polar surface area (TPSA) is 73.6 Å². The van der Waals surface area contributed by atoms with Crippen molar-refractivity contribution in [2.45, 2.75) is 0 Å². The molecular weight excluding hydrogens is 190 g/mol. The van der Waals surface area contributed by atoms with Crippen molar-refractivity contribution in [2.75, 3.05) is 0 Å². The predicted octanol–water partition coefficient (Wildman–Crippen LogP) is 1.89. The van der Waals surface area contributed by atoms with Gasteiger partial charge >= 0.3 is 0 Å². The Hall–Kier alpha value is -2.59. The zero-order chi connectivity index (χ0) is 10.7. The van der Waals surface area contributed by atoms with Crippen molar-refractivity contribution in [3.63, 3.8) is 0 Å². The van der Waals surface area contributed by atoms with Gasteiger partial charge in [-0.05, 0) is 6.07 Å². The molecule has 0 fully saturated rings. The predicted molar refractivity (Wildman–Crippen MR) is 50.2 cm³/mol. The van der Waals surface area contributed by atoms with Crippen LogP contribution in [0.25, 0.3) is 11.3 Å². The first kappa shape index (κ1) is 8.98. The van der Waals surface area contributed by atoms with Crippen molar-refractivity contribution < 1.29 is 4.42 Å². The fourth-order valence-corrected chi connectivity index (χ4v) is 1.29. The number of benzene rings is 1. The quantitative estimate of drug-likeness (QED) is 0.694. The number of hydrogen-bond acceptors (Lipinski definition) is 4. The van der Waals surface area contributed by atoms with Gasteiger partial charge in [-0.2, -0.15) is 10.5 Å². The highest BCUT2D eigenvalue weighted by Gasteiger charge is 2.11. The molecule has 0 N–H and O–H groups in total. The van der Waals surface area contributed by atoms with Crippen molar-refractivity contribution >= 4 is 0 Å². The zero-order valence-electron chi connectivity index (χ0n) is 7.56. The molecule has 4 heteroatoms. The molecule has 1 radical (unpaired) electrons. The first-order valence-corrected chi connectivity index (χ1v) is 4.12. The minimum atomic E-state index is 0.308. The summed E-state index contributed by atoms with van der Waals surface area (Å²) in [5, 5.41) is 17.8. The molecule has 2 rings (SSSR count). The smallest absolute Gasteiger partial charge is 0.284 e. The Labute approximate surface area is 86.0 Å². The molecule has 1 aromatic carbocycles. The molecule has 0 atom stereocenters. The monoisotopic (exact) mass is 194 g/mol. The molecule has 0 aliphatic carbocycles. The molecule has 69 valence electrons. The van der Waals surface area contributed by atoms with E-state index in [-0.39, 0.29) is 0 Å². The van der Waals surface area contributed by atoms with Gasteiger partial charge in [-0.1, -0.05) is 12.1 Å². The van der Waals surface area contributed by atoms with Crippen LogP contribution in [-0.4, -0.2) is 4.98 Å². The van der Waals surface area contributed by atoms with E-state index in [1.54, 1.807) is 18.2 Å². The molecule has 1 aromatic heterocycles. The van der Waals surface area contributed by atoms with Crippen molar-refractivity contribution in [3.05, 3.63) is 42.0 Å². The lowest BCUT2D eigenvalue weighted by molar-refractivity contribution is 0.548. The van der Waals surface area contributed by atoms with Crippen LogP contribution in [-0.2, 0) is 0 Å². The average Bonchev–Trinajstić information content (AvgIpc) is 2.81. The van der Waals surface area contributed by atoms with Crippen LogP contribution in [0.5, 0.6) is 0 Å². The molecule has 0 bridgehead atoms. The average molecular weight is 194 g/mol. The van der Waals surface area contributed by atoms with Crippen LogP contribution in [0.15, 0.2) is 28.9 Å². The fraction of sp³-hybridized carbons (Fsp3) is 0. The van der Waals surface area contributed by atoms with Gasteiger partial charge in [0.15, 0.2) is 0 Å². The summed E-state index contributed by atoms with van der Waals surface area (Å²) in [5.74, 6) is 0. The summed E-state index contributed by atoms with van der Waals surface area (Å²) in [6.45, 7) is 0. The number of nitriles is 2. The van der Waals surface area contributed by atoms with Gasteiger partial charge in [0.05, 0.1) is 11.1 Å². The molecule has 0 unspecified atom stereocenters. The molecule has 2 aromatic rings. The van der Waals surface area contributed by atoms with Crippen molar-refractivity contribution in [1.82, 2.24) is 4.98 Å². The number of hydrogen-bond donors (Lipinski definition) is 0. The summed E-state index contributed by atoms with van der Waals surface area (Å²) in [5.41, 5.74) is 1.73. The third kappa shape index (κ3) is 1.45. The van der Waals surface area contributed by atoms with E-state index < -0.39 is 0 Å². The minimum Gasteiger partial charge on any atom is -0.440 e. The van der Waals surface area contributed by atoms with E-state index in [4.69, 9.17) is 14.9 Å². The van der Waals surface area contributed by atoms with Gasteiger partial charge in [-0.3, -0.25) is 0 Å². The summed E-state index contributed by atoms with van der Waals surface area (Å²) in [4.78, 5) is 3.82. The number of rotatable bonds is 1. The van der Waals surface area contributed by atoms with Gasteiger partial charge in [0.25, 0.3) is 6.39 Å². The van der Waals surface area contributed by atoms with Gasteiger partial charge < -0.3 is 4.42 Å². The van der Waals surface area contributed by atoms with E-state index in [9.17, 15) is 0 Å². The van der Waals surface area contributed by atoms with E-state index >= 15 is 0 Å². The molecule has 0 aliphatic rings. The fourth-order valence-electron chi connectivity index (χ4n) is 1.29. The highest BCUT2D eigenvalue weighted by atomic mass is 16.3. The molecule has 15 heavy (non-hydrogen) atoms. The number of aromatic nitrogens is 1. The lowest BCUT2D eigenvalue weighted by Crippen LogP contribution is -1.88. The zero-order valence-corrected chi connectivity index (χ0v) is 7.56. The van der Waals surface area contributed by atoms with Crippen LogP contribution < -0.4 is 0 Å². The Morgan fingerprint density at radius 2 is 2.13 bits per heavy atom. The summed E-state index contributed by atoms with van der Waals surface area (Å²) in [6, 6.07) is 8.94. The normalized spacial score (nSPS) is 9.20. The largest absolute Gasteiger partial charge is 0.440 e. The van der Waals surface area contributed by atoms with Crippen molar-refractivity contribution in [3.8, 4) is 23.4 Å². The first-order chi connectivity index (χ1) is 7.36. The second kappa shape index (κ2) is 3.65. The lowest BCUT2D eigenvalue weighted by atomic mass is 10.0. The molecule has 0 saturated heterocycles. The van der Waals surface area contributed by atoms with Crippen molar-refractivity contribution in [2.24, 2.45) is 0 Å². The molecular formula is C11H4N3O. The highest BCUT2D eigenvalue weighted by molar-refractivity contribution is 5.70. The third-order valence-corrected chi connectivity index (χ3v) is 1.96. The highest BCUT2D eigenvalue weighted by Crippen LogP contribution is 2.23. The Bertz CT molecular complexity index is 559. The molecule has 0 aliphatic heterocycles.